The maximum atomic E-state index is 12.5. The highest BCUT2D eigenvalue weighted by Gasteiger charge is 2.43. The maximum Gasteiger partial charge on any atom is 0.174 e. The minimum atomic E-state index is -0.346. The lowest BCUT2D eigenvalue weighted by atomic mass is 9.89. The molecule has 0 amide bonds. The van der Waals surface area contributed by atoms with E-state index < -0.39 is 0 Å². The van der Waals surface area contributed by atoms with Crippen molar-refractivity contribution < 1.29 is 14.3 Å². The number of Topliss-reactive ketones (excluding diaryl/α,β-unsaturated/α-hetero) is 1. The molecule has 0 saturated carbocycles. The van der Waals surface area contributed by atoms with Crippen LogP contribution in [-0.2, 0) is 0 Å². The number of nitrogens with one attached hydrogen (secondary N) is 1. The number of ketones is 1. The molecule has 2 aliphatic heterocycles. The van der Waals surface area contributed by atoms with Gasteiger partial charge in [-0.2, -0.15) is 0 Å². The average Bonchev–Trinajstić information content (AvgIpc) is 2.83. The molecule has 4 heteroatoms. The number of carbonyl (C=O) groups is 1. The first-order chi connectivity index (χ1) is 9.60. The molecule has 1 fully saturated rings. The highest BCUT2D eigenvalue weighted by atomic mass is 16.5. The van der Waals surface area contributed by atoms with Gasteiger partial charge in [0.15, 0.2) is 5.78 Å². The van der Waals surface area contributed by atoms with Crippen molar-refractivity contribution in [2.75, 3.05) is 19.7 Å². The number of rotatable bonds is 3. The number of hydrogen-bond acceptors (Lipinski definition) is 4. The van der Waals surface area contributed by atoms with Crippen molar-refractivity contribution in [3.63, 3.8) is 0 Å². The van der Waals surface area contributed by atoms with Gasteiger partial charge in [-0.15, -0.1) is 0 Å². The first-order valence-corrected chi connectivity index (χ1v) is 7.28. The van der Waals surface area contributed by atoms with E-state index in [0.29, 0.717) is 36.0 Å². The average molecular weight is 275 g/mol. The van der Waals surface area contributed by atoms with Crippen molar-refractivity contribution in [1.29, 1.82) is 0 Å². The van der Waals surface area contributed by atoms with Crippen molar-refractivity contribution in [3.8, 4) is 11.5 Å². The van der Waals surface area contributed by atoms with E-state index in [0.717, 1.165) is 19.5 Å². The van der Waals surface area contributed by atoms with Gasteiger partial charge in [-0.3, -0.25) is 4.79 Å². The monoisotopic (exact) mass is 275 g/mol. The molecule has 1 spiro atoms. The first kappa shape index (κ1) is 13.4. The molecule has 20 heavy (non-hydrogen) atoms. The molecule has 4 nitrogen and oxygen atoms in total. The predicted molar refractivity (Wildman–Crippen MR) is 76.6 cm³/mol. The summed E-state index contributed by atoms with van der Waals surface area (Å²) < 4.78 is 11.9. The summed E-state index contributed by atoms with van der Waals surface area (Å²) in [4.78, 5) is 12.5. The fraction of sp³-hybridized carbons (Fsp3) is 0.562. The standard InChI is InChI=1S/C16H21NO3/c1-11(2)9-19-13-4-3-5-14-15(13)12(18)8-16(20-14)6-7-17-10-16/h3-5,11,17H,6-10H2,1-2H3. The van der Waals surface area contributed by atoms with Crippen molar-refractivity contribution in [2.45, 2.75) is 32.3 Å². The highest BCUT2D eigenvalue weighted by Crippen LogP contribution is 2.40. The Morgan fingerprint density at radius 3 is 3.00 bits per heavy atom. The second kappa shape index (κ2) is 5.09. The second-order valence-corrected chi connectivity index (χ2v) is 6.15. The van der Waals surface area contributed by atoms with Crippen LogP contribution in [-0.4, -0.2) is 31.1 Å². The van der Waals surface area contributed by atoms with Gasteiger partial charge in [0.05, 0.1) is 13.0 Å². The molecule has 0 radical (unpaired) electrons. The SMILES string of the molecule is CC(C)COc1cccc2c1C(=O)CC1(CCNC1)O2. The van der Waals surface area contributed by atoms with Crippen LogP contribution in [0, 0.1) is 5.92 Å². The molecule has 1 aromatic rings. The van der Waals surface area contributed by atoms with E-state index in [4.69, 9.17) is 9.47 Å². The molecule has 2 heterocycles. The summed E-state index contributed by atoms with van der Waals surface area (Å²) >= 11 is 0. The zero-order valence-electron chi connectivity index (χ0n) is 12.1. The number of fused-ring (bicyclic) bond motifs is 1. The number of ether oxygens (including phenoxy) is 2. The van der Waals surface area contributed by atoms with Crippen LogP contribution in [0.4, 0.5) is 0 Å². The number of carbonyl (C=O) groups excluding carboxylic acids is 1. The third-order valence-corrected chi connectivity index (χ3v) is 3.85. The van der Waals surface area contributed by atoms with E-state index in [1.165, 1.54) is 0 Å². The molecule has 1 atom stereocenters. The second-order valence-electron chi connectivity index (χ2n) is 6.15. The summed E-state index contributed by atoms with van der Waals surface area (Å²) in [6.45, 7) is 6.44. The fourth-order valence-corrected chi connectivity index (χ4v) is 2.86. The van der Waals surface area contributed by atoms with Gasteiger partial charge in [0.25, 0.3) is 0 Å². The molecular formula is C16H21NO3. The summed E-state index contributed by atoms with van der Waals surface area (Å²) in [7, 11) is 0. The lowest BCUT2D eigenvalue weighted by molar-refractivity contribution is 0.0520. The van der Waals surface area contributed by atoms with Gasteiger partial charge >= 0.3 is 0 Å². The van der Waals surface area contributed by atoms with E-state index in [-0.39, 0.29) is 11.4 Å². The van der Waals surface area contributed by atoms with Crippen LogP contribution in [0.1, 0.15) is 37.0 Å². The van der Waals surface area contributed by atoms with E-state index in [1.54, 1.807) is 0 Å². The van der Waals surface area contributed by atoms with Crippen molar-refractivity contribution in [3.05, 3.63) is 23.8 Å². The normalized spacial score (nSPS) is 24.9. The Kier molecular flexibility index (Phi) is 3.42. The number of benzene rings is 1. The van der Waals surface area contributed by atoms with E-state index >= 15 is 0 Å². The molecular weight excluding hydrogens is 254 g/mol. The zero-order valence-corrected chi connectivity index (χ0v) is 12.1. The van der Waals surface area contributed by atoms with Crippen LogP contribution < -0.4 is 14.8 Å². The Morgan fingerprint density at radius 2 is 2.30 bits per heavy atom. The molecule has 0 aromatic heterocycles. The minimum absolute atomic E-state index is 0.134. The third-order valence-electron chi connectivity index (χ3n) is 3.85. The van der Waals surface area contributed by atoms with Crippen LogP contribution in [0.2, 0.25) is 0 Å². The molecule has 1 N–H and O–H groups in total. The molecule has 1 unspecified atom stereocenters. The first-order valence-electron chi connectivity index (χ1n) is 7.28. The van der Waals surface area contributed by atoms with E-state index in [2.05, 4.69) is 19.2 Å². The Bertz CT molecular complexity index is 518. The summed E-state index contributed by atoms with van der Waals surface area (Å²) in [6.07, 6.45) is 1.32. The van der Waals surface area contributed by atoms with E-state index in [9.17, 15) is 4.79 Å². The maximum absolute atomic E-state index is 12.5. The molecule has 3 rings (SSSR count). The largest absolute Gasteiger partial charge is 0.492 e. The van der Waals surface area contributed by atoms with Gasteiger partial charge < -0.3 is 14.8 Å². The van der Waals surface area contributed by atoms with Gasteiger partial charge in [-0.1, -0.05) is 19.9 Å². The van der Waals surface area contributed by atoms with Crippen molar-refractivity contribution in [2.24, 2.45) is 5.92 Å². The van der Waals surface area contributed by atoms with Crippen molar-refractivity contribution >= 4 is 5.78 Å². The quantitative estimate of drug-likeness (QED) is 0.920. The fourth-order valence-electron chi connectivity index (χ4n) is 2.86. The topological polar surface area (TPSA) is 47.6 Å². The predicted octanol–water partition coefficient (Wildman–Crippen LogP) is 2.42. The van der Waals surface area contributed by atoms with Gasteiger partial charge in [0, 0.05) is 13.0 Å². The molecule has 108 valence electrons. The molecule has 0 bridgehead atoms. The molecule has 1 saturated heterocycles. The van der Waals surface area contributed by atoms with E-state index in [1.807, 2.05) is 18.2 Å². The minimum Gasteiger partial charge on any atom is -0.492 e. The van der Waals surface area contributed by atoms with Gasteiger partial charge in [0.1, 0.15) is 22.7 Å². The summed E-state index contributed by atoms with van der Waals surface area (Å²) in [5, 5.41) is 3.28. The Balaban J connectivity index is 1.90. The van der Waals surface area contributed by atoms with Crippen LogP contribution >= 0.6 is 0 Å². The zero-order chi connectivity index (χ0) is 14.2. The summed E-state index contributed by atoms with van der Waals surface area (Å²) in [5.74, 6) is 1.89. The molecule has 0 aliphatic carbocycles. The van der Waals surface area contributed by atoms with Gasteiger partial charge in [-0.25, -0.2) is 0 Å². The summed E-state index contributed by atoms with van der Waals surface area (Å²) in [6, 6.07) is 5.62. The lowest BCUT2D eigenvalue weighted by Crippen LogP contribution is -2.43. The lowest BCUT2D eigenvalue weighted by Gasteiger charge is -2.34. The van der Waals surface area contributed by atoms with Gasteiger partial charge in [-0.05, 0) is 24.6 Å². The molecule has 2 aliphatic rings. The van der Waals surface area contributed by atoms with Crippen molar-refractivity contribution in [1.82, 2.24) is 5.32 Å². The van der Waals surface area contributed by atoms with Gasteiger partial charge in [0.2, 0.25) is 0 Å². The van der Waals surface area contributed by atoms with Crippen LogP contribution in [0.5, 0.6) is 11.5 Å². The van der Waals surface area contributed by atoms with Crippen LogP contribution in [0.25, 0.3) is 0 Å². The highest BCUT2D eigenvalue weighted by molar-refractivity contribution is 6.03. The third kappa shape index (κ3) is 2.40. The number of hydrogen-bond donors (Lipinski definition) is 1. The Morgan fingerprint density at radius 1 is 1.45 bits per heavy atom. The Hall–Kier alpha value is -1.55. The van der Waals surface area contributed by atoms with Crippen LogP contribution in [0.15, 0.2) is 18.2 Å². The Labute approximate surface area is 119 Å². The molecule has 1 aromatic carbocycles. The smallest absolute Gasteiger partial charge is 0.174 e. The van der Waals surface area contributed by atoms with Crippen LogP contribution in [0.3, 0.4) is 0 Å². The summed E-state index contributed by atoms with van der Waals surface area (Å²) in [5.41, 5.74) is 0.270.